The van der Waals surface area contributed by atoms with Crippen LogP contribution in [0.1, 0.15) is 11.3 Å². The van der Waals surface area contributed by atoms with E-state index in [0.717, 1.165) is 19.5 Å². The van der Waals surface area contributed by atoms with Crippen LogP contribution in [-0.2, 0) is 6.42 Å². The van der Waals surface area contributed by atoms with E-state index in [-0.39, 0.29) is 0 Å². The summed E-state index contributed by atoms with van der Waals surface area (Å²) in [4.78, 5) is 10.1. The number of nitrogens with one attached hydrogen (secondary N) is 1. The van der Waals surface area contributed by atoms with Crippen molar-refractivity contribution in [3.05, 3.63) is 41.6 Å². The highest BCUT2D eigenvalue weighted by Crippen LogP contribution is 2.33. The van der Waals surface area contributed by atoms with Gasteiger partial charge >= 0.3 is 0 Å². The lowest BCUT2D eigenvalue weighted by Gasteiger charge is -2.29. The third kappa shape index (κ3) is 1.19. The number of benzene rings is 1. The Balaban J connectivity index is 1.99. The summed E-state index contributed by atoms with van der Waals surface area (Å²) in [6, 6.07) is 8.55. The highest BCUT2D eigenvalue weighted by Gasteiger charge is 2.24. The molecule has 3 heterocycles. The Labute approximate surface area is 99.5 Å². The topological polar surface area (TPSA) is 31.4 Å². The van der Waals surface area contributed by atoms with Gasteiger partial charge in [-0.1, -0.05) is 18.2 Å². The molecular weight excluding hydrogens is 210 g/mol. The Bertz CT molecular complexity index is 649. The van der Waals surface area contributed by atoms with Crippen LogP contribution in [-0.4, -0.2) is 29.3 Å². The molecule has 0 saturated heterocycles. The Hall–Kier alpha value is -2.03. The molecule has 0 radical (unpaired) electrons. The number of para-hydroxylation sites is 1. The molecule has 0 saturated carbocycles. The average Bonchev–Trinajstić information content (AvgIpc) is 2.78. The molecule has 2 aliphatic rings. The number of aliphatic imine (C=N–C) groups is 1. The van der Waals surface area contributed by atoms with Crippen LogP contribution in [0.25, 0.3) is 16.6 Å². The van der Waals surface area contributed by atoms with Gasteiger partial charge in [-0.15, -0.1) is 0 Å². The molecule has 0 amide bonds. The lowest BCUT2D eigenvalue weighted by atomic mass is 10.0. The van der Waals surface area contributed by atoms with E-state index < -0.39 is 0 Å². The number of aromatic nitrogens is 1. The van der Waals surface area contributed by atoms with Crippen LogP contribution in [0.15, 0.2) is 35.3 Å². The van der Waals surface area contributed by atoms with Crippen molar-refractivity contribution in [2.45, 2.75) is 6.42 Å². The standard InChI is InChI=1S/C14H13N3/c1-2-4-12-10(3-1)11-6-8-17-9-15-7-5-13(17)14(11)16-12/h1-5,9,16H,6-8H2. The number of nitrogens with zero attached hydrogens (tertiary/aromatic N) is 2. The van der Waals surface area contributed by atoms with Crippen LogP contribution < -0.4 is 0 Å². The zero-order valence-electron chi connectivity index (χ0n) is 9.48. The molecule has 0 aliphatic carbocycles. The normalized spacial score (nSPS) is 17.9. The second kappa shape index (κ2) is 3.23. The molecule has 3 nitrogen and oxygen atoms in total. The Morgan fingerprint density at radius 3 is 3.18 bits per heavy atom. The number of fused-ring (bicyclic) bond motifs is 5. The minimum absolute atomic E-state index is 0.792. The highest BCUT2D eigenvalue weighted by atomic mass is 15.2. The summed E-state index contributed by atoms with van der Waals surface area (Å²) in [5.41, 5.74) is 5.27. The van der Waals surface area contributed by atoms with Gasteiger partial charge in [0.05, 0.1) is 24.3 Å². The monoisotopic (exact) mass is 223 g/mol. The Morgan fingerprint density at radius 1 is 1.24 bits per heavy atom. The molecule has 2 aliphatic heterocycles. The fourth-order valence-corrected chi connectivity index (χ4v) is 2.80. The van der Waals surface area contributed by atoms with Crippen LogP contribution in [0.5, 0.6) is 0 Å². The van der Waals surface area contributed by atoms with Gasteiger partial charge in [0, 0.05) is 17.4 Å². The van der Waals surface area contributed by atoms with Gasteiger partial charge in [-0.05, 0) is 24.1 Å². The maximum atomic E-state index is 4.30. The number of hydrogen-bond acceptors (Lipinski definition) is 2. The second-order valence-corrected chi connectivity index (χ2v) is 4.54. The van der Waals surface area contributed by atoms with Gasteiger partial charge in [0.15, 0.2) is 0 Å². The Morgan fingerprint density at radius 2 is 2.18 bits per heavy atom. The van der Waals surface area contributed by atoms with Crippen molar-refractivity contribution in [2.24, 2.45) is 4.99 Å². The lowest BCUT2D eigenvalue weighted by molar-refractivity contribution is 0.566. The van der Waals surface area contributed by atoms with E-state index in [1.807, 2.05) is 6.34 Å². The predicted molar refractivity (Wildman–Crippen MR) is 70.0 cm³/mol. The van der Waals surface area contributed by atoms with Crippen LogP contribution in [0, 0.1) is 0 Å². The van der Waals surface area contributed by atoms with Gasteiger partial charge in [-0.3, -0.25) is 4.99 Å². The first-order valence-electron chi connectivity index (χ1n) is 6.00. The van der Waals surface area contributed by atoms with Crippen LogP contribution >= 0.6 is 0 Å². The third-order valence-electron chi connectivity index (χ3n) is 3.59. The molecular formula is C14H13N3. The van der Waals surface area contributed by atoms with Crippen molar-refractivity contribution in [1.29, 1.82) is 0 Å². The minimum atomic E-state index is 0.792. The molecule has 2 aromatic rings. The predicted octanol–water partition coefficient (Wildman–Crippen LogP) is 2.41. The van der Waals surface area contributed by atoms with E-state index in [4.69, 9.17) is 0 Å². The highest BCUT2D eigenvalue weighted by molar-refractivity contribution is 5.92. The van der Waals surface area contributed by atoms with Gasteiger partial charge in [-0.2, -0.15) is 0 Å². The fraction of sp³-hybridized carbons (Fsp3) is 0.214. The van der Waals surface area contributed by atoms with Crippen molar-refractivity contribution in [2.75, 3.05) is 13.1 Å². The van der Waals surface area contributed by atoms with Crippen molar-refractivity contribution in [3.63, 3.8) is 0 Å². The van der Waals surface area contributed by atoms with E-state index in [0.29, 0.717) is 0 Å². The summed E-state index contributed by atoms with van der Waals surface area (Å²) in [7, 11) is 0. The molecule has 0 spiro atoms. The number of hydrogen-bond donors (Lipinski definition) is 1. The molecule has 1 N–H and O–H groups in total. The summed E-state index contributed by atoms with van der Waals surface area (Å²) in [5, 5.41) is 1.37. The van der Waals surface area contributed by atoms with Crippen molar-refractivity contribution in [3.8, 4) is 0 Å². The zero-order chi connectivity index (χ0) is 11.2. The van der Waals surface area contributed by atoms with Gasteiger partial charge < -0.3 is 9.88 Å². The lowest BCUT2D eigenvalue weighted by Crippen LogP contribution is -2.30. The number of aromatic amines is 1. The van der Waals surface area contributed by atoms with Gasteiger partial charge in [0.1, 0.15) is 0 Å². The minimum Gasteiger partial charge on any atom is -0.353 e. The first-order chi connectivity index (χ1) is 8.43. The van der Waals surface area contributed by atoms with E-state index in [2.05, 4.69) is 45.2 Å². The third-order valence-corrected chi connectivity index (χ3v) is 3.59. The molecule has 0 unspecified atom stereocenters. The summed E-state index contributed by atoms with van der Waals surface area (Å²) in [6.07, 6.45) is 5.25. The molecule has 17 heavy (non-hydrogen) atoms. The quantitative estimate of drug-likeness (QED) is 0.730. The largest absolute Gasteiger partial charge is 0.353 e. The summed E-state index contributed by atoms with van der Waals surface area (Å²) < 4.78 is 0. The van der Waals surface area contributed by atoms with E-state index in [1.54, 1.807) is 0 Å². The fourth-order valence-electron chi connectivity index (χ4n) is 2.80. The maximum Gasteiger partial charge on any atom is 0.0898 e. The van der Waals surface area contributed by atoms with Crippen molar-refractivity contribution >= 4 is 22.9 Å². The van der Waals surface area contributed by atoms with Gasteiger partial charge in [0.25, 0.3) is 0 Å². The zero-order valence-corrected chi connectivity index (χ0v) is 9.48. The SMILES string of the molecule is C1=NCC=C2c3[nH]c4ccccc4c3CCN12. The molecule has 84 valence electrons. The van der Waals surface area contributed by atoms with Gasteiger partial charge in [0.2, 0.25) is 0 Å². The van der Waals surface area contributed by atoms with Crippen molar-refractivity contribution < 1.29 is 0 Å². The summed E-state index contributed by atoms with van der Waals surface area (Å²) in [6.45, 7) is 1.82. The second-order valence-electron chi connectivity index (χ2n) is 4.54. The molecule has 4 rings (SSSR count). The first kappa shape index (κ1) is 9.05. The molecule has 0 fully saturated rings. The van der Waals surface area contributed by atoms with Crippen LogP contribution in [0.3, 0.4) is 0 Å². The van der Waals surface area contributed by atoms with Crippen molar-refractivity contribution in [1.82, 2.24) is 9.88 Å². The average molecular weight is 223 g/mol. The first-order valence-corrected chi connectivity index (χ1v) is 6.00. The van der Waals surface area contributed by atoms with Gasteiger partial charge in [-0.25, -0.2) is 0 Å². The summed E-state index contributed by atoms with van der Waals surface area (Å²) >= 11 is 0. The van der Waals surface area contributed by atoms with Crippen LogP contribution in [0.4, 0.5) is 0 Å². The molecule has 1 aromatic heterocycles. The number of H-pyrrole nitrogens is 1. The van der Waals surface area contributed by atoms with E-state index >= 15 is 0 Å². The maximum absolute atomic E-state index is 4.30. The van der Waals surface area contributed by atoms with E-state index in [1.165, 1.54) is 27.9 Å². The smallest absolute Gasteiger partial charge is 0.0898 e. The molecule has 0 atom stereocenters. The van der Waals surface area contributed by atoms with E-state index in [9.17, 15) is 0 Å². The summed E-state index contributed by atoms with van der Waals surface area (Å²) in [5.74, 6) is 0. The molecule has 3 heteroatoms. The number of rotatable bonds is 0. The van der Waals surface area contributed by atoms with Crippen LogP contribution in [0.2, 0.25) is 0 Å². The molecule has 0 bridgehead atoms. The Kier molecular flexibility index (Phi) is 1.72. The molecule has 1 aromatic carbocycles.